The number of likely N-dealkylation sites (N-methyl/N-ethyl adjacent to an activating group) is 1. The summed E-state index contributed by atoms with van der Waals surface area (Å²) in [5.41, 5.74) is 0.834. The van der Waals surface area contributed by atoms with Crippen LogP contribution in [-0.4, -0.2) is 36.4 Å². The number of anilines is 1. The Morgan fingerprint density at radius 1 is 1.17 bits per heavy atom. The summed E-state index contributed by atoms with van der Waals surface area (Å²) in [5.74, 6) is -0.540. The van der Waals surface area contributed by atoms with Gasteiger partial charge < -0.3 is 15.5 Å². The number of hydrogen-bond acceptors (Lipinski definition) is 4. The molecule has 2 amide bonds. The Morgan fingerprint density at radius 3 is 2.38 bits per heavy atom. The molecule has 3 N–H and O–H groups in total. The number of amides is 2. The maximum absolute atomic E-state index is 13.1. The Morgan fingerprint density at radius 2 is 1.83 bits per heavy atom. The van der Waals surface area contributed by atoms with Crippen LogP contribution in [0.5, 0.6) is 0 Å². The van der Waals surface area contributed by atoms with Gasteiger partial charge in [0.25, 0.3) is 17.5 Å². The lowest BCUT2D eigenvalue weighted by atomic mass is 10.0. The lowest BCUT2D eigenvalue weighted by Crippen LogP contribution is -3.11. The summed E-state index contributed by atoms with van der Waals surface area (Å²) in [6.45, 7) is 3.83. The van der Waals surface area contributed by atoms with E-state index in [0.29, 0.717) is 4.90 Å². The number of benzene rings is 2. The summed E-state index contributed by atoms with van der Waals surface area (Å²) in [6, 6.07) is 12.3. The highest BCUT2D eigenvalue weighted by atomic mass is 35.5. The van der Waals surface area contributed by atoms with Gasteiger partial charge >= 0.3 is 0 Å². The molecule has 0 spiro atoms. The summed E-state index contributed by atoms with van der Waals surface area (Å²) in [5, 5.41) is 16.5. The van der Waals surface area contributed by atoms with Gasteiger partial charge in [-0.15, -0.1) is 0 Å². The number of nitrogens with one attached hydrogen (secondary N) is 3. The molecule has 0 saturated carbocycles. The first kappa shape index (κ1) is 22.3. The van der Waals surface area contributed by atoms with Crippen LogP contribution in [-0.2, 0) is 9.59 Å². The van der Waals surface area contributed by atoms with E-state index in [-0.39, 0.29) is 40.8 Å². The Hall–Kier alpha value is -2.97. The zero-order valence-electron chi connectivity index (χ0n) is 16.4. The first-order valence-corrected chi connectivity index (χ1v) is 9.48. The highest BCUT2D eigenvalue weighted by Gasteiger charge is 2.31. The minimum absolute atomic E-state index is 0.00165. The third-order valence-electron chi connectivity index (χ3n) is 4.20. The molecule has 8 nitrogen and oxygen atoms in total. The number of nitro groups is 1. The van der Waals surface area contributed by atoms with Gasteiger partial charge in [0, 0.05) is 23.7 Å². The third kappa shape index (κ3) is 6.27. The van der Waals surface area contributed by atoms with Gasteiger partial charge in [0.05, 0.1) is 22.7 Å². The number of carbonyl (C=O) groups is 2. The minimum Gasteiger partial charge on any atom is -0.349 e. The lowest BCUT2D eigenvalue weighted by Gasteiger charge is -2.24. The van der Waals surface area contributed by atoms with Crippen LogP contribution in [0.1, 0.15) is 25.5 Å². The van der Waals surface area contributed by atoms with Crippen LogP contribution in [0.4, 0.5) is 11.4 Å². The number of non-ortho nitro benzene ring substituents is 1. The van der Waals surface area contributed by atoms with E-state index >= 15 is 0 Å². The largest absolute Gasteiger partial charge is 0.349 e. The normalized spacial score (nSPS) is 12.9. The van der Waals surface area contributed by atoms with Crippen molar-refractivity contribution in [3.63, 3.8) is 0 Å². The van der Waals surface area contributed by atoms with Crippen molar-refractivity contribution in [1.29, 1.82) is 0 Å². The van der Waals surface area contributed by atoms with E-state index in [0.717, 1.165) is 5.56 Å². The van der Waals surface area contributed by atoms with Gasteiger partial charge in [-0.3, -0.25) is 19.7 Å². The number of rotatable bonds is 8. The number of quaternary nitrogens is 1. The first-order valence-electron chi connectivity index (χ1n) is 9.10. The monoisotopic (exact) mass is 419 g/mol. The highest BCUT2D eigenvalue weighted by Crippen LogP contribution is 2.27. The lowest BCUT2D eigenvalue weighted by molar-refractivity contribution is -0.894. The van der Waals surface area contributed by atoms with Crippen LogP contribution in [0.25, 0.3) is 0 Å². The molecule has 0 aromatic heterocycles. The fourth-order valence-corrected chi connectivity index (χ4v) is 3.18. The smallest absolute Gasteiger partial charge is 0.287 e. The third-order valence-corrected chi connectivity index (χ3v) is 4.51. The van der Waals surface area contributed by atoms with Crippen molar-refractivity contribution >= 4 is 34.8 Å². The molecule has 154 valence electrons. The first-order chi connectivity index (χ1) is 13.7. The average Bonchev–Trinajstić information content (AvgIpc) is 2.63. The predicted octanol–water partition coefficient (Wildman–Crippen LogP) is 1.97. The Labute approximate surface area is 174 Å². The van der Waals surface area contributed by atoms with E-state index in [2.05, 4.69) is 10.6 Å². The molecule has 2 aromatic rings. The second-order valence-corrected chi connectivity index (χ2v) is 7.41. The van der Waals surface area contributed by atoms with Crippen molar-refractivity contribution in [3.8, 4) is 0 Å². The van der Waals surface area contributed by atoms with Crippen LogP contribution in [0, 0.1) is 10.1 Å². The van der Waals surface area contributed by atoms with Crippen LogP contribution in [0.3, 0.4) is 0 Å². The molecule has 0 aliphatic carbocycles. The van der Waals surface area contributed by atoms with Gasteiger partial charge in [0.15, 0.2) is 12.6 Å². The Kier molecular flexibility index (Phi) is 7.69. The molecule has 0 fully saturated rings. The number of carbonyl (C=O) groups excluding carboxylic acids is 2. The fourth-order valence-electron chi connectivity index (χ4n) is 2.96. The molecular weight excluding hydrogens is 396 g/mol. The summed E-state index contributed by atoms with van der Waals surface area (Å²) in [4.78, 5) is 36.2. The molecule has 29 heavy (non-hydrogen) atoms. The van der Waals surface area contributed by atoms with Crippen molar-refractivity contribution < 1.29 is 19.4 Å². The van der Waals surface area contributed by atoms with Crippen molar-refractivity contribution in [2.75, 3.05) is 18.9 Å². The molecule has 0 heterocycles. The maximum atomic E-state index is 13.1. The molecular formula is C20H24ClN4O4+. The van der Waals surface area contributed by atoms with Gasteiger partial charge in [-0.1, -0.05) is 41.9 Å². The molecule has 0 radical (unpaired) electrons. The van der Waals surface area contributed by atoms with Gasteiger partial charge in [-0.05, 0) is 19.9 Å². The maximum Gasteiger partial charge on any atom is 0.287 e. The zero-order chi connectivity index (χ0) is 21.6. The second kappa shape index (κ2) is 9.99. The number of hydrogen-bond donors (Lipinski definition) is 3. The van der Waals surface area contributed by atoms with Crippen LogP contribution < -0.4 is 15.5 Å². The van der Waals surface area contributed by atoms with E-state index in [1.165, 1.54) is 18.2 Å². The van der Waals surface area contributed by atoms with Gasteiger partial charge in [-0.25, -0.2) is 0 Å². The number of halogens is 1. The van der Waals surface area contributed by atoms with Crippen molar-refractivity contribution in [1.82, 2.24) is 5.32 Å². The Bertz CT molecular complexity index is 889. The van der Waals surface area contributed by atoms with Crippen molar-refractivity contribution in [2.45, 2.75) is 25.9 Å². The molecule has 0 saturated heterocycles. The molecule has 0 bridgehead atoms. The molecule has 9 heteroatoms. The van der Waals surface area contributed by atoms with Gasteiger partial charge in [-0.2, -0.15) is 0 Å². The summed E-state index contributed by atoms with van der Waals surface area (Å²) in [6.07, 6.45) is 0. The number of nitrogens with zero attached hydrogens (tertiary/aromatic N) is 1. The molecule has 0 aliphatic rings. The quantitative estimate of drug-likeness (QED) is 0.449. The predicted molar refractivity (Wildman–Crippen MR) is 111 cm³/mol. The standard InChI is InChI=1S/C20H23ClN4O4/c1-13(2)22-18(26)12-24(3)19(14-7-5-4-6-8-14)20(27)23-17-10-9-15(25(28)29)11-16(17)21/h4-11,13,19H,12H2,1-3H3,(H,22,26)(H,23,27)/p+1/t19-/m0/s1. The van der Waals surface area contributed by atoms with Crippen LogP contribution in [0.15, 0.2) is 48.5 Å². The molecule has 2 atom stereocenters. The minimum atomic E-state index is -0.680. The Balaban J connectivity index is 2.26. The van der Waals surface area contributed by atoms with Gasteiger partial charge in [0.1, 0.15) is 0 Å². The average molecular weight is 420 g/mol. The van der Waals surface area contributed by atoms with E-state index < -0.39 is 11.0 Å². The van der Waals surface area contributed by atoms with E-state index in [4.69, 9.17) is 11.6 Å². The fraction of sp³-hybridized carbons (Fsp3) is 0.300. The molecule has 1 unspecified atom stereocenters. The van der Waals surface area contributed by atoms with E-state index in [1.807, 2.05) is 44.2 Å². The van der Waals surface area contributed by atoms with Crippen molar-refractivity contribution in [2.24, 2.45) is 0 Å². The van der Waals surface area contributed by atoms with Crippen LogP contribution >= 0.6 is 11.6 Å². The molecule has 2 aromatic carbocycles. The number of nitro benzene ring substituents is 1. The molecule has 2 rings (SSSR count). The highest BCUT2D eigenvalue weighted by molar-refractivity contribution is 6.34. The summed E-state index contributed by atoms with van der Waals surface area (Å²) < 4.78 is 0. The van der Waals surface area contributed by atoms with Crippen molar-refractivity contribution in [3.05, 3.63) is 69.2 Å². The SMILES string of the molecule is CC(C)NC(=O)C[NH+](C)[C@H](C(=O)Nc1ccc([N+](=O)[O-])cc1Cl)c1ccccc1. The summed E-state index contributed by atoms with van der Waals surface area (Å²) in [7, 11) is 1.76. The van der Waals surface area contributed by atoms with E-state index in [9.17, 15) is 19.7 Å². The summed E-state index contributed by atoms with van der Waals surface area (Å²) >= 11 is 6.10. The second-order valence-electron chi connectivity index (χ2n) is 7.00. The topological polar surface area (TPSA) is 106 Å². The van der Waals surface area contributed by atoms with E-state index in [1.54, 1.807) is 7.05 Å². The van der Waals surface area contributed by atoms with Gasteiger partial charge in [0.2, 0.25) is 0 Å². The van der Waals surface area contributed by atoms with Crippen LogP contribution in [0.2, 0.25) is 5.02 Å². The zero-order valence-corrected chi connectivity index (χ0v) is 17.2. The molecule has 0 aliphatic heterocycles.